The van der Waals surface area contributed by atoms with Crippen molar-refractivity contribution in [1.29, 1.82) is 0 Å². The van der Waals surface area contributed by atoms with Crippen molar-refractivity contribution in [2.24, 2.45) is 5.73 Å². The number of benzene rings is 2. The number of phenolic OH excluding ortho intramolecular Hbond substituents is 2. The molecule has 43 heavy (non-hydrogen) atoms. The van der Waals surface area contributed by atoms with Crippen molar-refractivity contribution in [2.45, 2.75) is 77.7 Å². The maximum Gasteiger partial charge on any atom is 0.202 e. The molecule has 0 saturated carbocycles. The zero-order chi connectivity index (χ0) is 33.2. The van der Waals surface area contributed by atoms with Gasteiger partial charge in [0.05, 0.1) is 48.7 Å². The Balaban J connectivity index is 0.000000561. The van der Waals surface area contributed by atoms with Crippen LogP contribution in [0.5, 0.6) is 17.2 Å². The number of ketones is 3. The Morgan fingerprint density at radius 1 is 0.977 bits per heavy atom. The van der Waals surface area contributed by atoms with E-state index < -0.39 is 53.2 Å². The van der Waals surface area contributed by atoms with Gasteiger partial charge in [-0.25, -0.2) is 0 Å². The fourth-order valence-corrected chi connectivity index (χ4v) is 4.80. The predicted octanol–water partition coefficient (Wildman–Crippen LogP) is 1.42. The van der Waals surface area contributed by atoms with Crippen molar-refractivity contribution in [3.05, 3.63) is 51.6 Å². The van der Waals surface area contributed by atoms with Crippen LogP contribution in [-0.2, 0) is 22.4 Å². The van der Waals surface area contributed by atoms with Crippen LogP contribution in [0.25, 0.3) is 0 Å². The van der Waals surface area contributed by atoms with Gasteiger partial charge in [-0.2, -0.15) is 0 Å². The van der Waals surface area contributed by atoms with Crippen LogP contribution in [0.3, 0.4) is 0 Å². The van der Waals surface area contributed by atoms with E-state index in [4.69, 9.17) is 25.4 Å². The number of Topliss-reactive ketones (excluding diaryl/α,β-unsaturated/α-hetero) is 1. The first-order chi connectivity index (χ1) is 20.4. The summed E-state index contributed by atoms with van der Waals surface area (Å²) >= 11 is 0. The summed E-state index contributed by atoms with van der Waals surface area (Å²) in [5.74, 6) is -2.99. The smallest absolute Gasteiger partial charge is 0.202 e. The highest BCUT2D eigenvalue weighted by Crippen LogP contribution is 2.48. The molecular formula is C31H45NO11. The van der Waals surface area contributed by atoms with Crippen LogP contribution in [0.1, 0.15) is 84.0 Å². The molecule has 0 amide bonds. The highest BCUT2D eigenvalue weighted by Gasteiger charge is 2.45. The van der Waals surface area contributed by atoms with Gasteiger partial charge in [0.15, 0.2) is 11.6 Å². The lowest BCUT2D eigenvalue weighted by Gasteiger charge is -2.34. The number of fused-ring (bicyclic) bond motifs is 3. The number of rotatable bonds is 7. The Morgan fingerprint density at radius 3 is 2.05 bits per heavy atom. The van der Waals surface area contributed by atoms with Gasteiger partial charge in [-0.15, -0.1) is 0 Å². The highest BCUT2D eigenvalue weighted by molar-refractivity contribution is 6.31. The number of aliphatic hydroxyl groups is 4. The summed E-state index contributed by atoms with van der Waals surface area (Å²) in [6.45, 7) is 8.59. The number of phenols is 2. The topological polar surface area (TPSA) is 217 Å². The van der Waals surface area contributed by atoms with Crippen LogP contribution in [0.2, 0.25) is 0 Å². The number of hydrogen-bond donors (Lipinski definition) is 7. The van der Waals surface area contributed by atoms with Gasteiger partial charge in [0.25, 0.3) is 0 Å². The molecule has 2 aliphatic rings. The molecule has 0 heterocycles. The maximum absolute atomic E-state index is 13.1. The molecule has 3 unspecified atom stereocenters. The van der Waals surface area contributed by atoms with E-state index in [1.54, 1.807) is 6.92 Å². The van der Waals surface area contributed by atoms with E-state index >= 15 is 0 Å². The minimum Gasteiger partial charge on any atom is -0.507 e. The van der Waals surface area contributed by atoms with Crippen molar-refractivity contribution in [1.82, 2.24) is 0 Å². The molecule has 12 nitrogen and oxygen atoms in total. The number of methoxy groups -OCH3 is 2. The van der Waals surface area contributed by atoms with Gasteiger partial charge in [0.2, 0.25) is 5.78 Å². The van der Waals surface area contributed by atoms with E-state index in [0.717, 1.165) is 0 Å². The summed E-state index contributed by atoms with van der Waals surface area (Å²) in [6, 6.07) is 3.85. The van der Waals surface area contributed by atoms with Gasteiger partial charge in [0, 0.05) is 30.2 Å². The third-order valence-corrected chi connectivity index (χ3v) is 7.25. The van der Waals surface area contributed by atoms with Crippen molar-refractivity contribution in [2.75, 3.05) is 27.4 Å². The summed E-state index contributed by atoms with van der Waals surface area (Å²) in [4.78, 5) is 38.2. The molecule has 2 aromatic carbocycles. The van der Waals surface area contributed by atoms with Crippen molar-refractivity contribution in [3.8, 4) is 17.2 Å². The Morgan fingerprint density at radius 2 is 1.53 bits per heavy atom. The first-order valence-electron chi connectivity index (χ1n) is 14.2. The first kappa shape index (κ1) is 37.6. The van der Waals surface area contributed by atoms with Gasteiger partial charge < -0.3 is 45.8 Å². The maximum atomic E-state index is 13.1. The highest BCUT2D eigenvalue weighted by atomic mass is 16.5. The number of hydrogen-bond acceptors (Lipinski definition) is 12. The summed E-state index contributed by atoms with van der Waals surface area (Å²) in [6.07, 6.45) is -1.64. The van der Waals surface area contributed by atoms with Crippen molar-refractivity contribution < 1.29 is 54.5 Å². The molecule has 2 aliphatic carbocycles. The molecular weight excluding hydrogens is 562 g/mol. The first-order valence-corrected chi connectivity index (χ1v) is 14.2. The van der Waals surface area contributed by atoms with E-state index in [1.165, 1.54) is 32.4 Å². The van der Waals surface area contributed by atoms with Gasteiger partial charge in [0.1, 0.15) is 29.5 Å². The quantitative estimate of drug-likeness (QED) is 0.190. The molecule has 12 heteroatoms. The second-order valence-corrected chi connectivity index (χ2v) is 9.51. The number of aliphatic hydroxyl groups excluding tert-OH is 3. The molecule has 0 bridgehead atoms. The predicted molar refractivity (Wildman–Crippen MR) is 159 cm³/mol. The van der Waals surface area contributed by atoms with Gasteiger partial charge in [-0.05, 0) is 25.8 Å². The zero-order valence-corrected chi connectivity index (χ0v) is 25.8. The fourth-order valence-electron chi connectivity index (χ4n) is 4.80. The van der Waals surface area contributed by atoms with Crippen molar-refractivity contribution >= 4 is 17.3 Å². The SMILES string of the molecule is CC.CC.COC(C)C(O)C(N)CO.COc1cccc2c1C(=O)c1c(O)c3c(c(O)c1C2=O)C[C@@](O)(C(=O)CO)CC3. The van der Waals surface area contributed by atoms with Gasteiger partial charge >= 0.3 is 0 Å². The molecule has 0 fully saturated rings. The minimum atomic E-state index is -1.93. The molecule has 240 valence electrons. The number of carbonyl (C=O) groups is 3. The molecule has 4 rings (SSSR count). The summed E-state index contributed by atoms with van der Waals surface area (Å²) in [7, 11) is 2.84. The number of carbonyl (C=O) groups excluding carboxylic acids is 3. The van der Waals surface area contributed by atoms with Crippen LogP contribution >= 0.6 is 0 Å². The molecule has 4 atom stereocenters. The minimum absolute atomic E-state index is 0.00456. The summed E-state index contributed by atoms with van der Waals surface area (Å²) < 4.78 is 9.98. The Hall–Kier alpha value is -3.39. The van der Waals surface area contributed by atoms with Crippen LogP contribution in [0, 0.1) is 0 Å². The Bertz CT molecular complexity index is 1280. The fraction of sp³-hybridized carbons (Fsp3) is 0.516. The monoisotopic (exact) mass is 607 g/mol. The molecule has 0 aromatic heterocycles. The standard InChI is InChI=1S/C21H18O8.C6H15NO3.2C2H6/c1-29-12-4-2-3-10-14(12)20(27)16-15(18(10)25)19(26)11-7-21(28,13(23)8-22)6-5-9(11)17(16)24;1-4(10-2)6(9)5(7)3-8;2*1-2/h2-4,22,24,26,28H,5-8H2,1H3;4-6,8-9H,3,7H2,1-2H3;2*1-2H3/t21-;;;/m1.../s1. The second kappa shape index (κ2) is 16.5. The molecule has 2 aromatic rings. The Labute approximate surface area is 251 Å². The number of nitrogens with two attached hydrogens (primary N) is 1. The van der Waals surface area contributed by atoms with E-state index in [9.17, 15) is 34.8 Å². The summed E-state index contributed by atoms with van der Waals surface area (Å²) in [5, 5.41) is 59.0. The summed E-state index contributed by atoms with van der Waals surface area (Å²) in [5.41, 5.74) is 2.94. The number of aromatic hydroxyl groups is 2. The van der Waals surface area contributed by atoms with Gasteiger partial charge in [-0.3, -0.25) is 14.4 Å². The average Bonchev–Trinajstić information content (AvgIpc) is 3.05. The van der Waals surface area contributed by atoms with Crippen molar-refractivity contribution in [3.63, 3.8) is 0 Å². The van der Waals surface area contributed by atoms with E-state index in [2.05, 4.69) is 0 Å². The molecule has 0 aliphatic heterocycles. The van der Waals surface area contributed by atoms with Gasteiger partial charge in [-0.1, -0.05) is 39.8 Å². The zero-order valence-electron chi connectivity index (χ0n) is 25.8. The molecule has 0 spiro atoms. The third kappa shape index (κ3) is 7.40. The van der Waals surface area contributed by atoms with Crippen LogP contribution in [0.15, 0.2) is 18.2 Å². The lowest BCUT2D eigenvalue weighted by atomic mass is 9.73. The van der Waals surface area contributed by atoms with Crippen LogP contribution in [0.4, 0.5) is 0 Å². The van der Waals surface area contributed by atoms with E-state index in [0.29, 0.717) is 0 Å². The molecule has 8 N–H and O–H groups in total. The third-order valence-electron chi connectivity index (χ3n) is 7.25. The molecule has 0 saturated heterocycles. The lowest BCUT2D eigenvalue weighted by Crippen LogP contribution is -2.45. The van der Waals surface area contributed by atoms with Crippen LogP contribution < -0.4 is 10.5 Å². The second-order valence-electron chi connectivity index (χ2n) is 9.51. The average molecular weight is 608 g/mol. The number of ether oxygens (including phenoxy) is 2. The van der Waals surface area contributed by atoms with Crippen LogP contribution in [-0.4, -0.2) is 99.3 Å². The van der Waals surface area contributed by atoms with E-state index in [1.807, 2.05) is 27.7 Å². The lowest BCUT2D eigenvalue weighted by molar-refractivity contribution is -0.141. The Kier molecular flexibility index (Phi) is 14.4. The molecule has 0 radical (unpaired) electrons. The normalized spacial score (nSPS) is 18.4. The van der Waals surface area contributed by atoms with E-state index in [-0.39, 0.29) is 71.1 Å². The largest absolute Gasteiger partial charge is 0.507 e.